The second-order valence-corrected chi connectivity index (χ2v) is 8.56. The number of imide groups is 1. The number of hydrogen-bond donors (Lipinski definition) is 3. The van der Waals surface area contributed by atoms with Crippen LogP contribution in [0.25, 0.3) is 10.9 Å². The zero-order chi connectivity index (χ0) is 25.4. The second-order valence-electron chi connectivity index (χ2n) is 8.23. The predicted molar refractivity (Wildman–Crippen MR) is 138 cm³/mol. The lowest BCUT2D eigenvalue weighted by atomic mass is 10.1. The van der Waals surface area contributed by atoms with Gasteiger partial charge in [-0.2, -0.15) is 0 Å². The molecule has 3 aromatic carbocycles. The van der Waals surface area contributed by atoms with E-state index >= 15 is 0 Å². The third-order valence-electron chi connectivity index (χ3n) is 5.94. The first kappa shape index (κ1) is 23.4. The summed E-state index contributed by atoms with van der Waals surface area (Å²) in [5.41, 5.74) is 3.86. The quantitative estimate of drug-likeness (QED) is 0.236. The minimum Gasteiger partial charge on any atom is -0.493 e. The van der Waals surface area contributed by atoms with Crippen LogP contribution in [0.5, 0.6) is 11.5 Å². The highest BCUT2D eigenvalue weighted by Crippen LogP contribution is 2.36. The third kappa shape index (κ3) is 4.36. The summed E-state index contributed by atoms with van der Waals surface area (Å²) >= 11 is 6.20. The van der Waals surface area contributed by atoms with Crippen molar-refractivity contribution >= 4 is 51.5 Å². The molecule has 0 spiro atoms. The van der Waals surface area contributed by atoms with Crippen molar-refractivity contribution < 1.29 is 19.1 Å². The molecule has 0 saturated heterocycles. The molecule has 0 saturated carbocycles. The van der Waals surface area contributed by atoms with Crippen molar-refractivity contribution in [2.75, 3.05) is 24.9 Å². The van der Waals surface area contributed by atoms with Crippen LogP contribution >= 0.6 is 11.6 Å². The Bertz CT molecular complexity index is 1520. The van der Waals surface area contributed by atoms with E-state index in [1.165, 1.54) is 0 Å². The van der Waals surface area contributed by atoms with Crippen LogP contribution in [0.15, 0.2) is 54.6 Å². The molecule has 2 heterocycles. The molecule has 1 atom stereocenters. The van der Waals surface area contributed by atoms with Gasteiger partial charge in [-0.25, -0.2) is 9.97 Å². The smallest absolute Gasteiger partial charge is 0.259 e. The molecule has 0 bridgehead atoms. The van der Waals surface area contributed by atoms with Gasteiger partial charge in [0.1, 0.15) is 5.82 Å². The number of halogens is 1. The van der Waals surface area contributed by atoms with Crippen molar-refractivity contribution in [1.82, 2.24) is 15.3 Å². The van der Waals surface area contributed by atoms with Crippen molar-refractivity contribution in [3.63, 3.8) is 0 Å². The van der Waals surface area contributed by atoms with Crippen molar-refractivity contribution in [3.8, 4) is 11.5 Å². The van der Waals surface area contributed by atoms with Gasteiger partial charge in [-0.15, -0.1) is 0 Å². The number of amides is 2. The SMILES string of the molecule is COc1cc2nc(Cl)nc(N[C@H](C)c3cccc(Nc4ccc5c(c4)C(=O)NC5=O)c3)c2cc1OC. The maximum atomic E-state index is 12.0. The van der Waals surface area contributed by atoms with Crippen LogP contribution in [0.1, 0.15) is 39.2 Å². The Labute approximate surface area is 211 Å². The van der Waals surface area contributed by atoms with Crippen LogP contribution in [0.2, 0.25) is 5.28 Å². The van der Waals surface area contributed by atoms with E-state index < -0.39 is 5.91 Å². The van der Waals surface area contributed by atoms with Gasteiger partial charge >= 0.3 is 0 Å². The standard InChI is InChI=1S/C26H22ClN5O4/c1-13(28-23-19-11-21(35-2)22(36-3)12-20(19)30-26(27)31-23)14-5-4-6-15(9-14)29-16-7-8-17-18(10-16)25(34)32-24(17)33/h4-13,29H,1-3H3,(H,28,30,31)(H,32,33,34)/t13-/m1/s1. The molecule has 5 rings (SSSR count). The first-order valence-corrected chi connectivity index (χ1v) is 11.5. The summed E-state index contributed by atoms with van der Waals surface area (Å²) < 4.78 is 10.8. The summed E-state index contributed by atoms with van der Waals surface area (Å²) in [6, 6.07) is 16.3. The Kier molecular flexibility index (Phi) is 6.07. The van der Waals surface area contributed by atoms with E-state index in [1.807, 2.05) is 37.3 Å². The van der Waals surface area contributed by atoms with Gasteiger partial charge in [0.2, 0.25) is 5.28 Å². The number of aromatic nitrogens is 2. The normalized spacial score (nSPS) is 13.2. The van der Waals surface area contributed by atoms with Crippen LogP contribution in [-0.4, -0.2) is 36.0 Å². The topological polar surface area (TPSA) is 114 Å². The van der Waals surface area contributed by atoms with Gasteiger partial charge in [-0.1, -0.05) is 12.1 Å². The molecule has 2 amide bonds. The van der Waals surface area contributed by atoms with Crippen LogP contribution < -0.4 is 25.4 Å². The Hall–Kier alpha value is -4.37. The first-order valence-electron chi connectivity index (χ1n) is 11.1. The van der Waals surface area contributed by atoms with Gasteiger partial charge in [0.25, 0.3) is 11.8 Å². The van der Waals surface area contributed by atoms with Crippen molar-refractivity contribution in [2.45, 2.75) is 13.0 Å². The second kappa shape index (κ2) is 9.35. The summed E-state index contributed by atoms with van der Waals surface area (Å²) in [5, 5.41) is 9.87. The van der Waals surface area contributed by atoms with E-state index in [4.69, 9.17) is 21.1 Å². The number of methoxy groups -OCH3 is 2. The number of rotatable bonds is 7. The lowest BCUT2D eigenvalue weighted by molar-refractivity contribution is 0.0879. The maximum absolute atomic E-state index is 12.0. The fraction of sp³-hybridized carbons (Fsp3) is 0.154. The van der Waals surface area contributed by atoms with E-state index in [9.17, 15) is 9.59 Å². The average molecular weight is 504 g/mol. The summed E-state index contributed by atoms with van der Waals surface area (Å²) in [7, 11) is 3.13. The molecule has 0 fully saturated rings. The van der Waals surface area contributed by atoms with Crippen LogP contribution in [0, 0.1) is 0 Å². The number of nitrogens with one attached hydrogen (secondary N) is 3. The number of anilines is 3. The number of fused-ring (bicyclic) bond motifs is 2. The fourth-order valence-corrected chi connectivity index (χ4v) is 4.30. The van der Waals surface area contributed by atoms with Gasteiger partial charge in [0, 0.05) is 22.8 Å². The highest BCUT2D eigenvalue weighted by atomic mass is 35.5. The van der Waals surface area contributed by atoms with Crippen LogP contribution in [-0.2, 0) is 0 Å². The minimum atomic E-state index is -0.393. The number of hydrogen-bond acceptors (Lipinski definition) is 8. The summed E-state index contributed by atoms with van der Waals surface area (Å²) in [5.74, 6) is 0.895. The van der Waals surface area contributed by atoms with Gasteiger partial charge in [0.05, 0.1) is 36.9 Å². The monoisotopic (exact) mass is 503 g/mol. The van der Waals surface area contributed by atoms with E-state index in [2.05, 4.69) is 25.9 Å². The zero-order valence-electron chi connectivity index (χ0n) is 19.7. The predicted octanol–water partition coefficient (Wildman–Crippen LogP) is 5.10. The van der Waals surface area contributed by atoms with E-state index in [1.54, 1.807) is 38.5 Å². The summed E-state index contributed by atoms with van der Waals surface area (Å²) in [4.78, 5) is 32.5. The molecule has 10 heteroatoms. The molecule has 1 aliphatic heterocycles. The van der Waals surface area contributed by atoms with Crippen molar-refractivity contribution in [1.29, 1.82) is 0 Å². The highest BCUT2D eigenvalue weighted by Gasteiger charge is 2.26. The number of nitrogens with zero attached hydrogens (tertiary/aromatic N) is 2. The Morgan fingerprint density at radius 3 is 2.39 bits per heavy atom. The number of carbonyl (C=O) groups excluding carboxylic acids is 2. The van der Waals surface area contributed by atoms with Gasteiger partial charge in [-0.3, -0.25) is 14.9 Å². The molecule has 36 heavy (non-hydrogen) atoms. The Balaban J connectivity index is 1.41. The summed E-state index contributed by atoms with van der Waals surface area (Å²) in [6.07, 6.45) is 0. The number of benzene rings is 3. The molecule has 0 aliphatic carbocycles. The Morgan fingerprint density at radius 1 is 0.889 bits per heavy atom. The highest BCUT2D eigenvalue weighted by molar-refractivity contribution is 6.28. The van der Waals surface area contributed by atoms with Gasteiger partial charge in [-0.05, 0) is 60.5 Å². The van der Waals surface area contributed by atoms with Gasteiger partial charge in [0.15, 0.2) is 11.5 Å². The molecular formula is C26H22ClN5O4. The largest absolute Gasteiger partial charge is 0.493 e. The lowest BCUT2D eigenvalue weighted by Gasteiger charge is -2.18. The van der Waals surface area contributed by atoms with E-state index in [0.717, 1.165) is 16.6 Å². The molecule has 4 aromatic rings. The molecule has 0 unspecified atom stereocenters. The summed E-state index contributed by atoms with van der Waals surface area (Å²) in [6.45, 7) is 2.01. The molecular weight excluding hydrogens is 482 g/mol. The molecule has 1 aliphatic rings. The van der Waals surface area contributed by atoms with Crippen LogP contribution in [0.3, 0.4) is 0 Å². The lowest BCUT2D eigenvalue weighted by Crippen LogP contribution is -2.19. The molecule has 0 radical (unpaired) electrons. The molecule has 182 valence electrons. The minimum absolute atomic E-state index is 0.110. The Morgan fingerprint density at radius 2 is 1.61 bits per heavy atom. The number of carbonyl (C=O) groups is 2. The van der Waals surface area contributed by atoms with E-state index in [0.29, 0.717) is 39.6 Å². The fourth-order valence-electron chi connectivity index (χ4n) is 4.12. The molecule has 3 N–H and O–H groups in total. The third-order valence-corrected chi connectivity index (χ3v) is 6.11. The molecule has 1 aromatic heterocycles. The van der Waals surface area contributed by atoms with Crippen molar-refractivity contribution in [3.05, 3.63) is 76.6 Å². The van der Waals surface area contributed by atoms with Gasteiger partial charge < -0.3 is 20.1 Å². The average Bonchev–Trinajstić information content (AvgIpc) is 3.15. The van der Waals surface area contributed by atoms with E-state index in [-0.39, 0.29) is 17.2 Å². The van der Waals surface area contributed by atoms with Crippen LogP contribution in [0.4, 0.5) is 17.2 Å². The molecule has 9 nitrogen and oxygen atoms in total. The first-order chi connectivity index (χ1) is 17.4. The van der Waals surface area contributed by atoms with Crippen molar-refractivity contribution in [2.24, 2.45) is 0 Å². The number of ether oxygens (including phenoxy) is 2. The maximum Gasteiger partial charge on any atom is 0.259 e. The zero-order valence-corrected chi connectivity index (χ0v) is 20.4.